The smallest absolute Gasteiger partial charge is 0.310 e. The van der Waals surface area contributed by atoms with Crippen molar-refractivity contribution in [2.45, 2.75) is 24.8 Å². The predicted octanol–water partition coefficient (Wildman–Crippen LogP) is 2.63. The van der Waals surface area contributed by atoms with Crippen molar-refractivity contribution in [2.75, 3.05) is 13.2 Å². The van der Waals surface area contributed by atoms with Crippen LogP contribution in [0.3, 0.4) is 0 Å². The molecule has 106 valence electrons. The van der Waals surface area contributed by atoms with Gasteiger partial charge in [0.25, 0.3) is 0 Å². The molecule has 1 fully saturated rings. The standard InChI is InChI=1S/C13H16BrNO3.ClH/c1-2-9(12(16)17)10-5-8(14)3-4-11(10)13(15)6-18-7-13;/h3-5,9H,2,6-7,15H2,1H3,(H,16,17);1H. The van der Waals surface area contributed by atoms with E-state index >= 15 is 0 Å². The highest BCUT2D eigenvalue weighted by Gasteiger charge is 2.39. The van der Waals surface area contributed by atoms with Gasteiger partial charge in [0.1, 0.15) is 0 Å². The predicted molar refractivity (Wildman–Crippen MR) is 78.7 cm³/mol. The van der Waals surface area contributed by atoms with Gasteiger partial charge in [-0.3, -0.25) is 4.79 Å². The molecule has 19 heavy (non-hydrogen) atoms. The number of ether oxygens (including phenoxy) is 1. The third kappa shape index (κ3) is 3.11. The summed E-state index contributed by atoms with van der Waals surface area (Å²) in [5, 5.41) is 9.31. The average Bonchev–Trinajstić information content (AvgIpc) is 2.27. The van der Waals surface area contributed by atoms with E-state index in [1.165, 1.54) is 0 Å². The van der Waals surface area contributed by atoms with Gasteiger partial charge in [-0.1, -0.05) is 28.9 Å². The first-order valence-electron chi connectivity index (χ1n) is 5.87. The first-order valence-corrected chi connectivity index (χ1v) is 6.66. The third-order valence-corrected chi connectivity index (χ3v) is 3.84. The maximum atomic E-state index is 11.3. The maximum Gasteiger partial charge on any atom is 0.310 e. The molecule has 0 radical (unpaired) electrons. The number of hydrogen-bond donors (Lipinski definition) is 2. The van der Waals surface area contributed by atoms with Gasteiger partial charge in [-0.2, -0.15) is 0 Å². The van der Waals surface area contributed by atoms with Crippen LogP contribution in [-0.2, 0) is 15.1 Å². The van der Waals surface area contributed by atoms with Crippen molar-refractivity contribution in [3.8, 4) is 0 Å². The molecule has 0 bridgehead atoms. The van der Waals surface area contributed by atoms with Gasteiger partial charge in [-0.15, -0.1) is 12.4 Å². The van der Waals surface area contributed by atoms with Crippen LogP contribution in [0.5, 0.6) is 0 Å². The molecule has 4 nitrogen and oxygen atoms in total. The van der Waals surface area contributed by atoms with Crippen LogP contribution in [0.15, 0.2) is 22.7 Å². The summed E-state index contributed by atoms with van der Waals surface area (Å²) in [5.41, 5.74) is 7.35. The molecular weight excluding hydrogens is 334 g/mol. The fraction of sp³-hybridized carbons (Fsp3) is 0.462. The second-order valence-electron chi connectivity index (χ2n) is 4.68. The summed E-state index contributed by atoms with van der Waals surface area (Å²) >= 11 is 3.38. The molecule has 1 aromatic carbocycles. The molecule has 1 saturated heterocycles. The molecule has 0 amide bonds. The van der Waals surface area contributed by atoms with Gasteiger partial charge in [-0.05, 0) is 29.7 Å². The summed E-state index contributed by atoms with van der Waals surface area (Å²) < 4.78 is 6.03. The fourth-order valence-corrected chi connectivity index (χ4v) is 2.66. The van der Waals surface area contributed by atoms with E-state index < -0.39 is 17.4 Å². The number of hydrogen-bond acceptors (Lipinski definition) is 3. The summed E-state index contributed by atoms with van der Waals surface area (Å²) in [5.74, 6) is -1.35. The van der Waals surface area contributed by atoms with Crippen LogP contribution in [0.4, 0.5) is 0 Å². The normalized spacial score (nSPS) is 18.1. The number of carboxylic acid groups (broad SMARTS) is 1. The Hall–Kier alpha value is -0.620. The third-order valence-electron chi connectivity index (χ3n) is 3.35. The Morgan fingerprint density at radius 2 is 2.21 bits per heavy atom. The molecule has 6 heteroatoms. The number of carboxylic acids is 1. The maximum absolute atomic E-state index is 11.3. The number of carbonyl (C=O) groups is 1. The van der Waals surface area contributed by atoms with Crippen LogP contribution in [0.2, 0.25) is 0 Å². The summed E-state index contributed by atoms with van der Waals surface area (Å²) in [6.45, 7) is 2.75. The lowest BCUT2D eigenvalue weighted by atomic mass is 9.81. The number of nitrogens with two attached hydrogens (primary N) is 1. The molecule has 0 aliphatic carbocycles. The van der Waals surface area contributed by atoms with Gasteiger partial charge in [0.2, 0.25) is 0 Å². The van der Waals surface area contributed by atoms with Crippen LogP contribution in [-0.4, -0.2) is 24.3 Å². The second kappa shape index (κ2) is 6.22. The lowest BCUT2D eigenvalue weighted by Gasteiger charge is -2.40. The summed E-state index contributed by atoms with van der Waals surface area (Å²) in [6.07, 6.45) is 0.537. The Labute approximate surface area is 126 Å². The highest BCUT2D eigenvalue weighted by molar-refractivity contribution is 9.10. The SMILES string of the molecule is CCC(C(=O)O)c1cc(Br)ccc1C1(N)COC1.Cl. The lowest BCUT2D eigenvalue weighted by molar-refractivity contribution is -0.139. The van der Waals surface area contributed by atoms with Crippen molar-refractivity contribution in [2.24, 2.45) is 5.73 Å². The Bertz CT molecular complexity index is 477. The van der Waals surface area contributed by atoms with Crippen molar-refractivity contribution in [1.82, 2.24) is 0 Å². The largest absolute Gasteiger partial charge is 0.481 e. The van der Waals surface area contributed by atoms with Crippen LogP contribution in [0.25, 0.3) is 0 Å². The molecular formula is C13H17BrClNO3. The monoisotopic (exact) mass is 349 g/mol. The zero-order valence-electron chi connectivity index (χ0n) is 10.6. The van der Waals surface area contributed by atoms with Gasteiger partial charge < -0.3 is 15.6 Å². The molecule has 1 unspecified atom stereocenters. The first-order chi connectivity index (χ1) is 8.48. The topological polar surface area (TPSA) is 72.5 Å². The summed E-state index contributed by atoms with van der Waals surface area (Å²) in [7, 11) is 0. The quantitative estimate of drug-likeness (QED) is 0.875. The average molecular weight is 351 g/mol. The van der Waals surface area contributed by atoms with E-state index in [-0.39, 0.29) is 12.4 Å². The molecule has 1 heterocycles. The molecule has 0 saturated carbocycles. The van der Waals surface area contributed by atoms with E-state index in [9.17, 15) is 9.90 Å². The minimum absolute atomic E-state index is 0. The highest BCUT2D eigenvalue weighted by atomic mass is 79.9. The van der Waals surface area contributed by atoms with Crippen molar-refractivity contribution in [3.05, 3.63) is 33.8 Å². The number of aliphatic carboxylic acids is 1. The van der Waals surface area contributed by atoms with E-state index in [2.05, 4.69) is 15.9 Å². The van der Waals surface area contributed by atoms with Gasteiger partial charge in [0.15, 0.2) is 0 Å². The summed E-state index contributed by atoms with van der Waals surface area (Å²) in [4.78, 5) is 11.3. The van der Waals surface area contributed by atoms with E-state index in [4.69, 9.17) is 10.5 Å². The van der Waals surface area contributed by atoms with Crippen molar-refractivity contribution in [1.29, 1.82) is 0 Å². The molecule has 1 atom stereocenters. The van der Waals surface area contributed by atoms with Gasteiger partial charge >= 0.3 is 5.97 Å². The Morgan fingerprint density at radius 1 is 1.58 bits per heavy atom. The zero-order valence-corrected chi connectivity index (χ0v) is 13.0. The fourth-order valence-electron chi connectivity index (χ4n) is 2.28. The summed E-state index contributed by atoms with van der Waals surface area (Å²) in [6, 6.07) is 5.64. The Morgan fingerprint density at radius 3 is 2.63 bits per heavy atom. The van der Waals surface area contributed by atoms with Crippen molar-refractivity contribution < 1.29 is 14.6 Å². The van der Waals surface area contributed by atoms with Crippen LogP contribution in [0, 0.1) is 0 Å². The second-order valence-corrected chi connectivity index (χ2v) is 5.60. The highest BCUT2D eigenvalue weighted by Crippen LogP contribution is 2.35. The van der Waals surface area contributed by atoms with Gasteiger partial charge in [0, 0.05) is 4.47 Å². The van der Waals surface area contributed by atoms with E-state index in [0.29, 0.717) is 19.6 Å². The minimum atomic E-state index is -0.819. The van der Waals surface area contributed by atoms with Crippen LogP contribution < -0.4 is 5.73 Å². The molecule has 1 aliphatic rings. The zero-order chi connectivity index (χ0) is 13.3. The number of benzene rings is 1. The number of halogens is 2. The van der Waals surface area contributed by atoms with Gasteiger partial charge in [0.05, 0.1) is 24.7 Å². The first kappa shape index (κ1) is 16.4. The minimum Gasteiger partial charge on any atom is -0.481 e. The molecule has 3 N–H and O–H groups in total. The van der Waals surface area contributed by atoms with Crippen molar-refractivity contribution >= 4 is 34.3 Å². The van der Waals surface area contributed by atoms with Crippen LogP contribution >= 0.6 is 28.3 Å². The van der Waals surface area contributed by atoms with E-state index in [1.54, 1.807) is 0 Å². The van der Waals surface area contributed by atoms with E-state index in [0.717, 1.165) is 15.6 Å². The number of rotatable bonds is 4. The molecule has 1 aromatic rings. The Balaban J connectivity index is 0.00000180. The van der Waals surface area contributed by atoms with Crippen LogP contribution in [0.1, 0.15) is 30.4 Å². The van der Waals surface area contributed by atoms with Gasteiger partial charge in [-0.25, -0.2) is 0 Å². The molecule has 0 aromatic heterocycles. The van der Waals surface area contributed by atoms with E-state index in [1.807, 2.05) is 25.1 Å². The van der Waals surface area contributed by atoms with Crippen molar-refractivity contribution in [3.63, 3.8) is 0 Å². The lowest BCUT2D eigenvalue weighted by Crippen LogP contribution is -2.55. The Kier molecular flexibility index (Phi) is 5.38. The molecule has 2 rings (SSSR count). The molecule has 1 aliphatic heterocycles. The molecule has 0 spiro atoms.